The van der Waals surface area contributed by atoms with Gasteiger partial charge < -0.3 is 11.1 Å². The second-order valence-corrected chi connectivity index (χ2v) is 1.90. The summed E-state index contributed by atoms with van der Waals surface area (Å²) in [5.41, 5.74) is 5.06. The summed E-state index contributed by atoms with van der Waals surface area (Å²) in [5, 5.41) is 2.60. The van der Waals surface area contributed by atoms with Crippen LogP contribution in [0.1, 0.15) is 0 Å². The number of hydrogen-bond acceptors (Lipinski definition) is 3. The Kier molecular flexibility index (Phi) is 1.57. The molecule has 9 heavy (non-hydrogen) atoms. The van der Waals surface area contributed by atoms with Gasteiger partial charge >= 0.3 is 0 Å². The molecule has 0 spiro atoms. The average molecular weight is 150 g/mol. The first-order chi connectivity index (χ1) is 4.20. The smallest absolute Gasteiger partial charge is 0.198 e. The lowest BCUT2D eigenvalue weighted by molar-refractivity contribution is 0.582. The van der Waals surface area contributed by atoms with Gasteiger partial charge in [0, 0.05) is 0 Å². The molecule has 0 unspecified atom stereocenters. The Balaban J connectivity index is 2.83. The average Bonchev–Trinajstić information content (AvgIpc) is 1.80. The Labute approximate surface area is 56.4 Å². The molecule has 0 bridgehead atoms. The standard InChI is InChI=1S/C4H5ClFN3/c5-4-8-1-2(6)3(7)9-4/h1,7H2,(H,8,9). The summed E-state index contributed by atoms with van der Waals surface area (Å²) in [6, 6.07) is 0. The molecule has 3 N–H and O–H groups in total. The van der Waals surface area contributed by atoms with Crippen molar-refractivity contribution in [2.75, 3.05) is 6.54 Å². The molecule has 3 nitrogen and oxygen atoms in total. The summed E-state index contributed by atoms with van der Waals surface area (Å²) >= 11 is 5.33. The van der Waals surface area contributed by atoms with Crippen molar-refractivity contribution < 1.29 is 4.39 Å². The van der Waals surface area contributed by atoms with E-state index in [1.165, 1.54) is 0 Å². The topological polar surface area (TPSA) is 50.4 Å². The zero-order chi connectivity index (χ0) is 6.85. The molecule has 0 aliphatic carbocycles. The van der Waals surface area contributed by atoms with Gasteiger partial charge in [0.05, 0.1) is 6.54 Å². The predicted molar refractivity (Wildman–Crippen MR) is 33.6 cm³/mol. The van der Waals surface area contributed by atoms with Gasteiger partial charge in [-0.05, 0) is 11.6 Å². The van der Waals surface area contributed by atoms with Crippen LogP contribution in [0.25, 0.3) is 0 Å². The van der Waals surface area contributed by atoms with E-state index in [9.17, 15) is 4.39 Å². The number of nitrogens with zero attached hydrogens (tertiary/aromatic N) is 1. The molecule has 50 valence electrons. The van der Waals surface area contributed by atoms with E-state index in [2.05, 4.69) is 10.3 Å². The van der Waals surface area contributed by atoms with Gasteiger partial charge in [-0.15, -0.1) is 0 Å². The molecule has 5 heteroatoms. The van der Waals surface area contributed by atoms with Crippen LogP contribution in [0.2, 0.25) is 0 Å². The number of aliphatic imine (C=N–C) groups is 1. The van der Waals surface area contributed by atoms with Crippen molar-refractivity contribution in [3.8, 4) is 0 Å². The molecule has 0 aromatic rings. The number of halogens is 2. The van der Waals surface area contributed by atoms with Gasteiger partial charge in [-0.2, -0.15) is 0 Å². The van der Waals surface area contributed by atoms with E-state index in [0.717, 1.165) is 0 Å². The van der Waals surface area contributed by atoms with Gasteiger partial charge in [-0.3, -0.25) is 0 Å². The molecule has 1 heterocycles. The van der Waals surface area contributed by atoms with Gasteiger partial charge in [-0.25, -0.2) is 9.38 Å². The summed E-state index contributed by atoms with van der Waals surface area (Å²) in [5.74, 6) is -0.613. The highest BCUT2D eigenvalue weighted by molar-refractivity contribution is 6.64. The lowest BCUT2D eigenvalue weighted by Gasteiger charge is -2.08. The van der Waals surface area contributed by atoms with Crippen LogP contribution < -0.4 is 11.1 Å². The summed E-state index contributed by atoms with van der Waals surface area (Å²) in [6.45, 7) is 0.0359. The third kappa shape index (κ3) is 1.32. The fraction of sp³-hybridized carbons (Fsp3) is 0.250. The Morgan fingerprint density at radius 2 is 2.44 bits per heavy atom. The molecule has 0 amide bonds. The third-order valence-corrected chi connectivity index (χ3v) is 1.10. The fourth-order valence-electron chi connectivity index (χ4n) is 0.447. The summed E-state index contributed by atoms with van der Waals surface area (Å²) in [6.07, 6.45) is 0. The summed E-state index contributed by atoms with van der Waals surface area (Å²) in [4.78, 5) is 3.42. The van der Waals surface area contributed by atoms with Gasteiger partial charge in [0.2, 0.25) is 0 Å². The minimum absolute atomic E-state index is 0.0359. The fourth-order valence-corrected chi connectivity index (χ4v) is 0.605. The molecule has 0 fully saturated rings. The highest BCUT2D eigenvalue weighted by atomic mass is 35.5. The number of amidine groups is 1. The van der Waals surface area contributed by atoms with Crippen molar-refractivity contribution in [1.82, 2.24) is 5.32 Å². The lowest BCUT2D eigenvalue weighted by atomic mass is 10.5. The van der Waals surface area contributed by atoms with Crippen molar-refractivity contribution in [2.24, 2.45) is 10.7 Å². The normalized spacial score (nSPS) is 19.1. The Morgan fingerprint density at radius 1 is 1.78 bits per heavy atom. The Morgan fingerprint density at radius 3 is 2.89 bits per heavy atom. The molecule has 0 atom stereocenters. The Bertz CT molecular complexity index is 186. The molecule has 0 saturated heterocycles. The first kappa shape index (κ1) is 6.35. The van der Waals surface area contributed by atoms with Crippen molar-refractivity contribution in [3.63, 3.8) is 0 Å². The minimum Gasteiger partial charge on any atom is -0.381 e. The van der Waals surface area contributed by atoms with E-state index in [-0.39, 0.29) is 17.7 Å². The van der Waals surface area contributed by atoms with Crippen LogP contribution in [0.3, 0.4) is 0 Å². The first-order valence-corrected chi connectivity index (χ1v) is 2.70. The van der Waals surface area contributed by atoms with Gasteiger partial charge in [0.1, 0.15) is 0 Å². The maximum atomic E-state index is 12.3. The highest BCUT2D eigenvalue weighted by Gasteiger charge is 2.08. The SMILES string of the molecule is NC1=C(F)CNC(Cl)=N1. The van der Waals surface area contributed by atoms with E-state index in [4.69, 9.17) is 17.3 Å². The summed E-state index contributed by atoms with van der Waals surface area (Å²) in [7, 11) is 0. The predicted octanol–water partition coefficient (Wildman–Crippen LogP) is 0.282. The first-order valence-electron chi connectivity index (χ1n) is 2.32. The van der Waals surface area contributed by atoms with E-state index < -0.39 is 5.83 Å². The van der Waals surface area contributed by atoms with Crippen molar-refractivity contribution >= 4 is 16.9 Å². The molecule has 1 rings (SSSR count). The van der Waals surface area contributed by atoms with Crippen LogP contribution in [0.15, 0.2) is 16.6 Å². The molecular weight excluding hydrogens is 145 g/mol. The minimum atomic E-state index is -0.473. The molecule has 0 aromatic carbocycles. The quantitative estimate of drug-likeness (QED) is 0.486. The maximum Gasteiger partial charge on any atom is 0.198 e. The molecule has 0 aromatic heterocycles. The zero-order valence-electron chi connectivity index (χ0n) is 4.49. The molecule has 0 saturated carbocycles. The van der Waals surface area contributed by atoms with Crippen molar-refractivity contribution in [1.29, 1.82) is 0 Å². The van der Waals surface area contributed by atoms with Crippen molar-refractivity contribution in [2.45, 2.75) is 0 Å². The van der Waals surface area contributed by atoms with E-state index in [1.54, 1.807) is 0 Å². The van der Waals surface area contributed by atoms with Gasteiger partial charge in [-0.1, -0.05) is 0 Å². The van der Waals surface area contributed by atoms with Crippen LogP contribution in [0.5, 0.6) is 0 Å². The van der Waals surface area contributed by atoms with E-state index in [0.29, 0.717) is 0 Å². The van der Waals surface area contributed by atoms with Crippen LogP contribution in [0, 0.1) is 0 Å². The lowest BCUT2D eigenvalue weighted by Crippen LogP contribution is -2.26. The molecular formula is C4H5ClFN3. The maximum absolute atomic E-state index is 12.3. The second-order valence-electron chi connectivity index (χ2n) is 1.55. The third-order valence-electron chi connectivity index (χ3n) is 0.886. The van der Waals surface area contributed by atoms with Gasteiger partial charge in [0.25, 0.3) is 0 Å². The Hall–Kier alpha value is -0.770. The number of nitrogens with two attached hydrogens (primary N) is 1. The zero-order valence-corrected chi connectivity index (χ0v) is 5.24. The van der Waals surface area contributed by atoms with Crippen LogP contribution >= 0.6 is 11.6 Å². The largest absolute Gasteiger partial charge is 0.381 e. The molecule has 1 aliphatic heterocycles. The summed E-state index contributed by atoms with van der Waals surface area (Å²) < 4.78 is 12.3. The second kappa shape index (κ2) is 2.23. The number of nitrogens with one attached hydrogen (secondary N) is 1. The van der Waals surface area contributed by atoms with Crippen LogP contribution in [0.4, 0.5) is 4.39 Å². The highest BCUT2D eigenvalue weighted by Crippen LogP contribution is 2.06. The monoisotopic (exact) mass is 149 g/mol. The van der Waals surface area contributed by atoms with Crippen molar-refractivity contribution in [3.05, 3.63) is 11.6 Å². The van der Waals surface area contributed by atoms with E-state index in [1.807, 2.05) is 0 Å². The number of rotatable bonds is 0. The van der Waals surface area contributed by atoms with Crippen LogP contribution in [-0.4, -0.2) is 11.8 Å². The van der Waals surface area contributed by atoms with E-state index >= 15 is 0 Å². The number of hydrogen-bond donors (Lipinski definition) is 2. The molecule has 0 radical (unpaired) electrons. The van der Waals surface area contributed by atoms with Crippen LogP contribution in [-0.2, 0) is 0 Å². The van der Waals surface area contributed by atoms with Gasteiger partial charge in [0.15, 0.2) is 16.9 Å². The molecule has 1 aliphatic rings.